The normalized spacial score (nSPS) is 27.3. The smallest absolute Gasteiger partial charge is 0.335 e. The quantitative estimate of drug-likeness (QED) is 0.407. The van der Waals surface area contributed by atoms with Gasteiger partial charge in [-0.05, 0) is 38.5 Å². The molecular weight excluding hydrogens is 444 g/mol. The van der Waals surface area contributed by atoms with Crippen LogP contribution in [-0.4, -0.2) is 35.9 Å². The van der Waals surface area contributed by atoms with E-state index in [4.69, 9.17) is 17.7 Å². The third-order valence-electron chi connectivity index (χ3n) is 7.72. The predicted octanol–water partition coefficient (Wildman–Crippen LogP) is 7.63. The maximum absolute atomic E-state index is 7.31. The third kappa shape index (κ3) is 4.39. The van der Waals surface area contributed by atoms with E-state index in [1.165, 1.54) is 16.3 Å². The van der Waals surface area contributed by atoms with Crippen LogP contribution in [0.4, 0.5) is 0 Å². The van der Waals surface area contributed by atoms with Crippen LogP contribution in [0.1, 0.15) is 73.5 Å². The van der Waals surface area contributed by atoms with E-state index < -0.39 is 17.1 Å². The molecule has 0 unspecified atom stereocenters. The lowest BCUT2D eigenvalue weighted by Crippen LogP contribution is -2.65. The first-order valence-electron chi connectivity index (χ1n) is 12.8. The van der Waals surface area contributed by atoms with Gasteiger partial charge in [-0.25, -0.2) is 0 Å². The highest BCUT2D eigenvalue weighted by Gasteiger charge is 2.60. The second-order valence-electron chi connectivity index (χ2n) is 11.1. The largest absolute Gasteiger partial charge is 0.414 e. The Morgan fingerprint density at radius 3 is 1.97 bits per heavy atom. The molecule has 0 amide bonds. The second kappa shape index (κ2) is 9.55. The van der Waals surface area contributed by atoms with Gasteiger partial charge in [-0.3, -0.25) is 0 Å². The van der Waals surface area contributed by atoms with Crippen LogP contribution in [-0.2, 0) is 17.7 Å². The van der Waals surface area contributed by atoms with E-state index in [1.54, 1.807) is 0 Å². The summed E-state index contributed by atoms with van der Waals surface area (Å²) in [6.45, 7) is 18.7. The first kappa shape index (κ1) is 25.1. The molecule has 2 aliphatic rings. The zero-order valence-electron chi connectivity index (χ0n) is 21.6. The van der Waals surface area contributed by atoms with Crippen LogP contribution in [0.5, 0.6) is 0 Å². The molecule has 6 heteroatoms. The fourth-order valence-electron chi connectivity index (χ4n) is 5.88. The Kier molecular flexibility index (Phi) is 7.26. The van der Waals surface area contributed by atoms with E-state index in [1.807, 2.05) is 0 Å². The molecule has 2 heterocycles. The summed E-state index contributed by atoms with van der Waals surface area (Å²) in [5.74, 6) is 0. The molecule has 33 heavy (non-hydrogen) atoms. The van der Waals surface area contributed by atoms with Gasteiger partial charge in [0.15, 0.2) is 0 Å². The van der Waals surface area contributed by atoms with Crippen molar-refractivity contribution >= 4 is 27.9 Å². The molecule has 2 aromatic rings. The topological polar surface area (TPSA) is 36.9 Å². The summed E-state index contributed by atoms with van der Waals surface area (Å²) in [5, 5.41) is 2.52. The third-order valence-corrected chi connectivity index (χ3v) is 18.0. The minimum atomic E-state index is -2.59. The first-order valence-corrected chi connectivity index (χ1v) is 16.7. The summed E-state index contributed by atoms with van der Waals surface area (Å²) >= 11 is 0. The van der Waals surface area contributed by atoms with Crippen molar-refractivity contribution in [1.29, 1.82) is 0 Å². The fraction of sp³-hybridized carbons (Fsp3) is 0.630. The minimum absolute atomic E-state index is 0.00300. The van der Waals surface area contributed by atoms with Crippen LogP contribution in [0.3, 0.4) is 0 Å². The van der Waals surface area contributed by atoms with Crippen LogP contribution in [0.2, 0.25) is 22.2 Å². The molecule has 0 saturated carbocycles. The van der Waals surface area contributed by atoms with E-state index in [-0.39, 0.29) is 18.3 Å². The Labute approximate surface area is 202 Å². The maximum Gasteiger partial charge on any atom is 0.335 e. The molecule has 0 radical (unpaired) electrons. The van der Waals surface area contributed by atoms with Gasteiger partial charge in [-0.2, -0.15) is 0 Å². The molecule has 2 fully saturated rings. The molecular formula is C27H42O4Si2. The highest BCUT2D eigenvalue weighted by molar-refractivity contribution is 6.83. The van der Waals surface area contributed by atoms with Gasteiger partial charge in [0.1, 0.15) is 6.10 Å². The van der Waals surface area contributed by atoms with Gasteiger partial charge in [-0.1, -0.05) is 97.9 Å². The average Bonchev–Trinajstić information content (AvgIpc) is 3.14. The van der Waals surface area contributed by atoms with Crippen molar-refractivity contribution in [3.63, 3.8) is 0 Å². The number of hydrogen-bond donors (Lipinski definition) is 0. The summed E-state index contributed by atoms with van der Waals surface area (Å²) in [5.41, 5.74) is 2.61. The number of ether oxygens (including phenoxy) is 1. The van der Waals surface area contributed by atoms with E-state index in [0.29, 0.717) is 28.8 Å². The summed E-state index contributed by atoms with van der Waals surface area (Å²) in [7, 11) is -5.12. The minimum Gasteiger partial charge on any atom is -0.414 e. The summed E-state index contributed by atoms with van der Waals surface area (Å²) in [6.07, 6.45) is 0.786. The standard InChI is InChI=1S/C27H42O4Si2/c1-18(2)32(19(3)4)28-17-27-26(30-33(31-32,20(5)6)21(7)8)16-25(29-27)24-15-11-13-22-12-9-10-14-23(22)24/h9-15,18-21,25-27H,16-17H2,1-8H3/t25-,26+,27-/m1/s1. The zero-order valence-corrected chi connectivity index (χ0v) is 23.6. The Balaban J connectivity index is 1.73. The van der Waals surface area contributed by atoms with Crippen LogP contribution in [0, 0.1) is 0 Å². The van der Waals surface area contributed by atoms with Crippen molar-refractivity contribution in [2.45, 2.75) is 102 Å². The van der Waals surface area contributed by atoms with E-state index in [0.717, 1.165) is 6.42 Å². The van der Waals surface area contributed by atoms with E-state index in [9.17, 15) is 0 Å². The molecule has 4 rings (SSSR count). The predicted molar refractivity (Wildman–Crippen MR) is 140 cm³/mol. The lowest BCUT2D eigenvalue weighted by atomic mass is 9.98. The molecule has 2 aliphatic heterocycles. The molecule has 0 spiro atoms. The molecule has 0 aliphatic carbocycles. The molecule has 2 saturated heterocycles. The number of hydrogen-bond acceptors (Lipinski definition) is 4. The Hall–Kier alpha value is -1.03. The fourth-order valence-corrected chi connectivity index (χ4v) is 17.1. The average molecular weight is 487 g/mol. The lowest BCUT2D eigenvalue weighted by Gasteiger charge is -2.51. The molecule has 0 aromatic heterocycles. The van der Waals surface area contributed by atoms with Crippen molar-refractivity contribution < 1.29 is 17.7 Å². The number of benzene rings is 2. The molecule has 0 N–H and O–H groups in total. The molecule has 2 aromatic carbocycles. The van der Waals surface area contributed by atoms with Crippen LogP contribution in [0.25, 0.3) is 10.8 Å². The van der Waals surface area contributed by atoms with Gasteiger partial charge < -0.3 is 17.7 Å². The van der Waals surface area contributed by atoms with Crippen LogP contribution in [0.15, 0.2) is 42.5 Å². The Bertz CT molecular complexity index is 937. The van der Waals surface area contributed by atoms with Crippen LogP contribution < -0.4 is 0 Å². The van der Waals surface area contributed by atoms with Crippen molar-refractivity contribution in [3.8, 4) is 0 Å². The monoisotopic (exact) mass is 486 g/mol. The Morgan fingerprint density at radius 2 is 1.33 bits per heavy atom. The number of rotatable bonds is 5. The van der Waals surface area contributed by atoms with Gasteiger partial charge in [0.2, 0.25) is 0 Å². The van der Waals surface area contributed by atoms with Crippen molar-refractivity contribution in [1.82, 2.24) is 0 Å². The SMILES string of the molecule is CC(C)[Si]1(C(C)C)OC[C@H]2O[C@@H](c3cccc4ccccc34)C[C@@H]2O[Si](C(C)C)(C(C)C)O1. The second-order valence-corrected chi connectivity index (χ2v) is 19.9. The zero-order chi connectivity index (χ0) is 24.0. The highest BCUT2D eigenvalue weighted by Crippen LogP contribution is 2.49. The van der Waals surface area contributed by atoms with Crippen LogP contribution >= 0.6 is 0 Å². The molecule has 3 atom stereocenters. The number of fused-ring (bicyclic) bond motifs is 2. The van der Waals surface area contributed by atoms with E-state index in [2.05, 4.69) is 97.9 Å². The Morgan fingerprint density at radius 1 is 0.727 bits per heavy atom. The summed E-state index contributed by atoms with van der Waals surface area (Å²) < 4.78 is 28.1. The maximum atomic E-state index is 7.31. The van der Waals surface area contributed by atoms with Crippen molar-refractivity contribution in [2.75, 3.05) is 6.61 Å². The van der Waals surface area contributed by atoms with Gasteiger partial charge in [0.25, 0.3) is 0 Å². The van der Waals surface area contributed by atoms with E-state index >= 15 is 0 Å². The van der Waals surface area contributed by atoms with Gasteiger partial charge in [-0.15, -0.1) is 0 Å². The van der Waals surface area contributed by atoms with Crippen molar-refractivity contribution in [3.05, 3.63) is 48.0 Å². The van der Waals surface area contributed by atoms with Gasteiger partial charge in [0.05, 0.1) is 18.8 Å². The highest BCUT2D eigenvalue weighted by atomic mass is 28.5. The molecule has 0 bridgehead atoms. The summed E-state index contributed by atoms with van der Waals surface area (Å²) in [4.78, 5) is 0. The first-order chi connectivity index (χ1) is 15.6. The van der Waals surface area contributed by atoms with Crippen molar-refractivity contribution in [2.24, 2.45) is 0 Å². The lowest BCUT2D eigenvalue weighted by molar-refractivity contribution is -0.0383. The van der Waals surface area contributed by atoms with Gasteiger partial charge >= 0.3 is 17.1 Å². The van der Waals surface area contributed by atoms with Gasteiger partial charge in [0, 0.05) is 6.42 Å². The molecule has 4 nitrogen and oxygen atoms in total. The molecule has 182 valence electrons. The summed E-state index contributed by atoms with van der Waals surface area (Å²) in [6, 6.07) is 15.1.